The molecule has 2 rings (SSSR count). The van der Waals surface area contributed by atoms with Crippen molar-refractivity contribution in [2.75, 3.05) is 11.1 Å². The summed E-state index contributed by atoms with van der Waals surface area (Å²) in [6.07, 6.45) is 1.82. The van der Waals surface area contributed by atoms with Gasteiger partial charge in [0.15, 0.2) is 5.82 Å². The monoisotopic (exact) mass is 231 g/mol. The first-order chi connectivity index (χ1) is 8.06. The minimum Gasteiger partial charge on any atom is -0.397 e. The maximum atomic E-state index is 11.0. The van der Waals surface area contributed by atoms with Crippen molar-refractivity contribution in [3.8, 4) is 0 Å². The Bertz CT molecular complexity index is 561. The number of benzene rings is 1. The van der Waals surface area contributed by atoms with Gasteiger partial charge in [0.05, 0.1) is 11.4 Å². The normalized spacial score (nSPS) is 10.2. The Morgan fingerprint density at radius 3 is 2.71 bits per heavy atom. The number of anilines is 3. The van der Waals surface area contributed by atoms with Crippen LogP contribution >= 0.6 is 0 Å². The zero-order chi connectivity index (χ0) is 12.4. The number of carbonyl (C=O) groups excluding carboxylic acids is 1. The van der Waals surface area contributed by atoms with Crippen molar-refractivity contribution in [3.05, 3.63) is 36.0 Å². The summed E-state index contributed by atoms with van der Waals surface area (Å²) in [7, 11) is 1.82. The Hall–Kier alpha value is -2.50. The van der Waals surface area contributed by atoms with Crippen LogP contribution in [0.25, 0.3) is 0 Å². The van der Waals surface area contributed by atoms with Gasteiger partial charge in [0, 0.05) is 24.9 Å². The zero-order valence-electron chi connectivity index (χ0n) is 9.34. The van der Waals surface area contributed by atoms with Gasteiger partial charge in [-0.05, 0) is 18.2 Å². The SMILES string of the molecule is Cn1ccc(Nc2ccc(C(N)=O)cc2N)n1. The van der Waals surface area contributed by atoms with Gasteiger partial charge in [-0.2, -0.15) is 5.10 Å². The van der Waals surface area contributed by atoms with E-state index in [2.05, 4.69) is 10.4 Å². The fraction of sp³-hybridized carbons (Fsp3) is 0.0909. The largest absolute Gasteiger partial charge is 0.397 e. The van der Waals surface area contributed by atoms with Crippen LogP contribution in [0.5, 0.6) is 0 Å². The first kappa shape index (κ1) is 11.0. The van der Waals surface area contributed by atoms with Crippen molar-refractivity contribution in [3.63, 3.8) is 0 Å². The molecule has 1 heterocycles. The molecule has 0 aliphatic heterocycles. The molecule has 0 radical (unpaired) electrons. The standard InChI is InChI=1S/C11H13N5O/c1-16-5-4-10(15-16)14-9-3-2-7(11(13)17)6-8(9)12/h2-6H,12H2,1H3,(H2,13,17)(H,14,15). The molecule has 0 spiro atoms. The lowest BCUT2D eigenvalue weighted by atomic mass is 10.1. The Kier molecular flexibility index (Phi) is 2.70. The molecule has 6 nitrogen and oxygen atoms in total. The third-order valence-corrected chi connectivity index (χ3v) is 2.31. The maximum absolute atomic E-state index is 11.0. The third kappa shape index (κ3) is 2.36. The summed E-state index contributed by atoms with van der Waals surface area (Å²) < 4.78 is 1.68. The molecule has 0 saturated heterocycles. The second-order valence-corrected chi connectivity index (χ2v) is 3.67. The van der Waals surface area contributed by atoms with Gasteiger partial charge in [0.2, 0.25) is 5.91 Å². The maximum Gasteiger partial charge on any atom is 0.248 e. The van der Waals surface area contributed by atoms with Gasteiger partial charge in [-0.15, -0.1) is 0 Å². The van der Waals surface area contributed by atoms with Gasteiger partial charge in [0.25, 0.3) is 0 Å². The fourth-order valence-electron chi connectivity index (χ4n) is 1.45. The number of hydrogen-bond acceptors (Lipinski definition) is 4. The van der Waals surface area contributed by atoms with E-state index in [0.29, 0.717) is 22.8 Å². The highest BCUT2D eigenvalue weighted by molar-refractivity contribution is 5.95. The number of carbonyl (C=O) groups is 1. The molecule has 6 heteroatoms. The van der Waals surface area contributed by atoms with E-state index in [0.717, 1.165) is 0 Å². The van der Waals surface area contributed by atoms with E-state index < -0.39 is 5.91 Å². The molecular formula is C11H13N5O. The molecule has 0 unspecified atom stereocenters. The van der Waals surface area contributed by atoms with Crippen LogP contribution in [0.3, 0.4) is 0 Å². The Labute approximate surface area is 98.2 Å². The summed E-state index contributed by atoms with van der Waals surface area (Å²) in [5.74, 6) is 0.187. The van der Waals surface area contributed by atoms with Crippen molar-refractivity contribution in [2.24, 2.45) is 12.8 Å². The lowest BCUT2D eigenvalue weighted by Crippen LogP contribution is -2.11. The van der Waals surface area contributed by atoms with Crippen LogP contribution in [0.1, 0.15) is 10.4 Å². The Morgan fingerprint density at radius 1 is 1.41 bits per heavy atom. The van der Waals surface area contributed by atoms with E-state index in [1.54, 1.807) is 16.8 Å². The molecule has 0 aliphatic carbocycles. The first-order valence-electron chi connectivity index (χ1n) is 5.02. The number of nitrogen functional groups attached to an aromatic ring is 1. The van der Waals surface area contributed by atoms with Crippen molar-refractivity contribution >= 4 is 23.1 Å². The van der Waals surface area contributed by atoms with E-state index >= 15 is 0 Å². The minimum atomic E-state index is -0.499. The molecule has 1 aromatic heterocycles. The van der Waals surface area contributed by atoms with Crippen molar-refractivity contribution < 1.29 is 4.79 Å². The number of nitrogens with zero attached hydrogens (tertiary/aromatic N) is 2. The van der Waals surface area contributed by atoms with Gasteiger partial charge in [-0.25, -0.2) is 0 Å². The highest BCUT2D eigenvalue weighted by Crippen LogP contribution is 2.23. The van der Waals surface area contributed by atoms with Gasteiger partial charge in [0.1, 0.15) is 0 Å². The minimum absolute atomic E-state index is 0.383. The van der Waals surface area contributed by atoms with Crippen molar-refractivity contribution in [1.82, 2.24) is 9.78 Å². The molecule has 0 aliphatic rings. The highest BCUT2D eigenvalue weighted by Gasteiger charge is 2.05. The number of primary amides is 1. The summed E-state index contributed by atoms with van der Waals surface area (Å²) in [5.41, 5.74) is 12.5. The van der Waals surface area contributed by atoms with Crippen LogP contribution in [0.2, 0.25) is 0 Å². The molecule has 2 aromatic rings. The number of nitrogens with one attached hydrogen (secondary N) is 1. The molecule has 0 atom stereocenters. The number of aromatic nitrogens is 2. The molecule has 0 fully saturated rings. The first-order valence-corrected chi connectivity index (χ1v) is 5.02. The van der Waals surface area contributed by atoms with Crippen LogP contribution in [0.15, 0.2) is 30.5 Å². The second kappa shape index (κ2) is 4.17. The number of hydrogen-bond donors (Lipinski definition) is 3. The van der Waals surface area contributed by atoms with E-state index in [-0.39, 0.29) is 0 Å². The lowest BCUT2D eigenvalue weighted by molar-refractivity contribution is 0.100. The van der Waals surface area contributed by atoms with Crippen LogP contribution in [0, 0.1) is 0 Å². The van der Waals surface area contributed by atoms with E-state index in [1.165, 1.54) is 6.07 Å². The van der Waals surface area contributed by atoms with E-state index in [4.69, 9.17) is 11.5 Å². The van der Waals surface area contributed by atoms with E-state index in [1.807, 2.05) is 19.3 Å². The van der Waals surface area contributed by atoms with Gasteiger partial charge in [-0.1, -0.05) is 0 Å². The van der Waals surface area contributed by atoms with Gasteiger partial charge in [-0.3, -0.25) is 9.48 Å². The molecular weight excluding hydrogens is 218 g/mol. The van der Waals surface area contributed by atoms with Gasteiger partial charge < -0.3 is 16.8 Å². The van der Waals surface area contributed by atoms with Crippen LogP contribution < -0.4 is 16.8 Å². The molecule has 0 saturated carbocycles. The van der Waals surface area contributed by atoms with Crippen LogP contribution in [-0.2, 0) is 7.05 Å². The Morgan fingerprint density at radius 2 is 2.18 bits per heavy atom. The summed E-state index contributed by atoms with van der Waals surface area (Å²) in [6.45, 7) is 0. The van der Waals surface area contributed by atoms with Crippen molar-refractivity contribution in [2.45, 2.75) is 0 Å². The van der Waals surface area contributed by atoms with Gasteiger partial charge >= 0.3 is 0 Å². The van der Waals surface area contributed by atoms with Crippen LogP contribution in [0.4, 0.5) is 17.2 Å². The number of aryl methyl sites for hydroxylation is 1. The predicted molar refractivity (Wildman–Crippen MR) is 65.9 cm³/mol. The van der Waals surface area contributed by atoms with Crippen LogP contribution in [-0.4, -0.2) is 15.7 Å². The number of nitrogens with two attached hydrogens (primary N) is 2. The van der Waals surface area contributed by atoms with E-state index in [9.17, 15) is 4.79 Å². The quantitative estimate of drug-likeness (QED) is 0.682. The second-order valence-electron chi connectivity index (χ2n) is 3.67. The average Bonchev–Trinajstić information content (AvgIpc) is 2.67. The fourth-order valence-corrected chi connectivity index (χ4v) is 1.45. The smallest absolute Gasteiger partial charge is 0.248 e. The molecule has 17 heavy (non-hydrogen) atoms. The lowest BCUT2D eigenvalue weighted by Gasteiger charge is -2.07. The molecule has 0 bridgehead atoms. The summed E-state index contributed by atoms with van der Waals surface area (Å²) >= 11 is 0. The highest BCUT2D eigenvalue weighted by atomic mass is 16.1. The summed E-state index contributed by atoms with van der Waals surface area (Å²) in [5, 5.41) is 7.21. The predicted octanol–water partition coefficient (Wildman–Crippen LogP) is 0.845. The van der Waals surface area contributed by atoms with Crippen molar-refractivity contribution in [1.29, 1.82) is 0 Å². The third-order valence-electron chi connectivity index (χ3n) is 2.31. The Balaban J connectivity index is 2.25. The molecule has 88 valence electrons. The average molecular weight is 231 g/mol. The zero-order valence-corrected chi connectivity index (χ0v) is 9.34. The topological polar surface area (TPSA) is 99.0 Å². The summed E-state index contributed by atoms with van der Waals surface area (Å²) in [6, 6.07) is 6.67. The molecule has 1 aromatic carbocycles. The number of rotatable bonds is 3. The molecule has 5 N–H and O–H groups in total. The summed E-state index contributed by atoms with van der Waals surface area (Å²) in [4.78, 5) is 11.0. The molecule has 1 amide bonds. The number of amides is 1.